The summed E-state index contributed by atoms with van der Waals surface area (Å²) in [5.74, 6) is 2.31. The molecule has 1 fully saturated rings. The van der Waals surface area contributed by atoms with Crippen LogP contribution in [0.3, 0.4) is 0 Å². The van der Waals surface area contributed by atoms with Crippen molar-refractivity contribution < 1.29 is 13.9 Å². The number of hydrogen-bond donors (Lipinski definition) is 0. The average Bonchev–Trinajstić information content (AvgIpc) is 3.42. The van der Waals surface area contributed by atoms with Crippen molar-refractivity contribution in [2.24, 2.45) is 0 Å². The molecule has 0 bridgehead atoms. The summed E-state index contributed by atoms with van der Waals surface area (Å²) >= 11 is 0. The van der Waals surface area contributed by atoms with E-state index in [0.29, 0.717) is 18.7 Å². The SMILES string of the molecule is COc1cccc(C2CCCN2C(=O)CCc2ncc(-c3ccc(C)cc3)o2)c1. The summed E-state index contributed by atoms with van der Waals surface area (Å²) in [5, 5.41) is 0. The molecule has 29 heavy (non-hydrogen) atoms. The summed E-state index contributed by atoms with van der Waals surface area (Å²) < 4.78 is 11.2. The number of benzene rings is 2. The normalized spacial score (nSPS) is 16.2. The maximum Gasteiger partial charge on any atom is 0.223 e. The topological polar surface area (TPSA) is 55.6 Å². The van der Waals surface area contributed by atoms with Crippen molar-refractivity contribution in [1.29, 1.82) is 0 Å². The van der Waals surface area contributed by atoms with Crippen LogP contribution in [0.4, 0.5) is 0 Å². The number of amides is 1. The van der Waals surface area contributed by atoms with Crippen LogP contribution in [0.2, 0.25) is 0 Å². The quantitative estimate of drug-likeness (QED) is 0.597. The van der Waals surface area contributed by atoms with Gasteiger partial charge in [0.25, 0.3) is 0 Å². The minimum absolute atomic E-state index is 0.116. The zero-order valence-corrected chi connectivity index (χ0v) is 16.9. The van der Waals surface area contributed by atoms with E-state index in [9.17, 15) is 4.79 Å². The number of carbonyl (C=O) groups is 1. The third-order valence-electron chi connectivity index (χ3n) is 5.49. The first-order valence-electron chi connectivity index (χ1n) is 10.1. The molecule has 0 spiro atoms. The molecule has 1 aliphatic heterocycles. The van der Waals surface area contributed by atoms with Crippen LogP contribution >= 0.6 is 0 Å². The van der Waals surface area contributed by atoms with Crippen LogP contribution in [0.1, 0.15) is 42.3 Å². The van der Waals surface area contributed by atoms with Gasteiger partial charge in [-0.15, -0.1) is 0 Å². The number of rotatable bonds is 6. The highest BCUT2D eigenvalue weighted by molar-refractivity contribution is 5.77. The summed E-state index contributed by atoms with van der Waals surface area (Å²) in [6.45, 7) is 2.85. The Hall–Kier alpha value is -3.08. The number of ether oxygens (including phenoxy) is 1. The summed E-state index contributed by atoms with van der Waals surface area (Å²) in [6, 6.07) is 16.3. The van der Waals surface area contributed by atoms with Crippen molar-refractivity contribution in [2.45, 2.75) is 38.6 Å². The molecule has 1 unspecified atom stereocenters. The van der Waals surface area contributed by atoms with E-state index in [1.165, 1.54) is 5.56 Å². The second kappa shape index (κ2) is 8.52. The van der Waals surface area contributed by atoms with Crippen LogP contribution in [0, 0.1) is 6.92 Å². The highest BCUT2D eigenvalue weighted by Gasteiger charge is 2.30. The Morgan fingerprint density at radius 2 is 2.07 bits per heavy atom. The standard InChI is InChI=1S/C24H26N2O3/c1-17-8-10-18(11-9-17)22-16-25-23(29-22)12-13-24(27)26-14-4-7-21(26)19-5-3-6-20(15-19)28-2/h3,5-6,8-11,15-16,21H,4,7,12-14H2,1-2H3. The van der Waals surface area contributed by atoms with Gasteiger partial charge in [0.15, 0.2) is 11.7 Å². The number of aryl methyl sites for hydroxylation is 2. The van der Waals surface area contributed by atoms with Crippen molar-refractivity contribution in [3.63, 3.8) is 0 Å². The number of nitrogens with zero attached hydrogens (tertiary/aromatic N) is 2. The van der Waals surface area contributed by atoms with Crippen molar-refractivity contribution >= 4 is 5.91 Å². The fraction of sp³-hybridized carbons (Fsp3) is 0.333. The van der Waals surface area contributed by atoms with E-state index >= 15 is 0 Å². The molecule has 5 heteroatoms. The van der Waals surface area contributed by atoms with Gasteiger partial charge < -0.3 is 14.1 Å². The summed E-state index contributed by atoms with van der Waals surface area (Å²) in [4.78, 5) is 19.2. The smallest absolute Gasteiger partial charge is 0.223 e. The second-order valence-electron chi connectivity index (χ2n) is 7.51. The number of likely N-dealkylation sites (tertiary alicyclic amines) is 1. The van der Waals surface area contributed by atoms with Gasteiger partial charge >= 0.3 is 0 Å². The van der Waals surface area contributed by atoms with Crippen molar-refractivity contribution in [1.82, 2.24) is 9.88 Å². The first kappa shape index (κ1) is 19.2. The Morgan fingerprint density at radius 3 is 2.86 bits per heavy atom. The lowest BCUT2D eigenvalue weighted by molar-refractivity contribution is -0.132. The predicted octanol–water partition coefficient (Wildman–Crippen LogP) is 4.95. The van der Waals surface area contributed by atoms with Crippen LogP contribution in [0.5, 0.6) is 5.75 Å². The van der Waals surface area contributed by atoms with Crippen LogP contribution in [-0.4, -0.2) is 29.4 Å². The van der Waals surface area contributed by atoms with E-state index in [1.807, 2.05) is 47.4 Å². The maximum absolute atomic E-state index is 12.9. The van der Waals surface area contributed by atoms with Gasteiger partial charge in [-0.05, 0) is 37.5 Å². The van der Waals surface area contributed by atoms with E-state index in [-0.39, 0.29) is 11.9 Å². The molecule has 0 aliphatic carbocycles. The Morgan fingerprint density at radius 1 is 1.24 bits per heavy atom. The second-order valence-corrected chi connectivity index (χ2v) is 7.51. The van der Waals surface area contributed by atoms with Gasteiger partial charge in [-0.1, -0.05) is 42.0 Å². The summed E-state index contributed by atoms with van der Waals surface area (Å²) in [5.41, 5.74) is 3.33. The highest BCUT2D eigenvalue weighted by Crippen LogP contribution is 2.34. The molecule has 1 saturated heterocycles. The molecule has 2 heterocycles. The van der Waals surface area contributed by atoms with Crippen molar-refractivity contribution in [3.8, 4) is 17.1 Å². The van der Waals surface area contributed by atoms with Crippen LogP contribution in [-0.2, 0) is 11.2 Å². The molecule has 5 nitrogen and oxygen atoms in total. The predicted molar refractivity (Wildman–Crippen MR) is 112 cm³/mol. The number of oxazole rings is 1. The Labute approximate surface area is 171 Å². The minimum Gasteiger partial charge on any atom is -0.497 e. The van der Waals surface area contributed by atoms with Crippen LogP contribution in [0.15, 0.2) is 59.1 Å². The largest absolute Gasteiger partial charge is 0.497 e. The molecule has 0 N–H and O–H groups in total. The van der Waals surface area contributed by atoms with Gasteiger partial charge in [0, 0.05) is 24.9 Å². The van der Waals surface area contributed by atoms with E-state index in [1.54, 1.807) is 13.3 Å². The van der Waals surface area contributed by atoms with E-state index in [4.69, 9.17) is 9.15 Å². The molecule has 2 aromatic carbocycles. The van der Waals surface area contributed by atoms with E-state index in [0.717, 1.165) is 42.0 Å². The fourth-order valence-electron chi connectivity index (χ4n) is 3.90. The lowest BCUT2D eigenvalue weighted by Crippen LogP contribution is -2.30. The van der Waals surface area contributed by atoms with Crippen molar-refractivity contribution in [2.75, 3.05) is 13.7 Å². The maximum atomic E-state index is 12.9. The number of carbonyl (C=O) groups excluding carboxylic acids is 1. The molecule has 0 saturated carbocycles. The van der Waals surface area contributed by atoms with E-state index < -0.39 is 0 Å². The monoisotopic (exact) mass is 390 g/mol. The molecule has 1 aromatic heterocycles. The zero-order valence-electron chi connectivity index (χ0n) is 16.9. The van der Waals surface area contributed by atoms with Gasteiger partial charge in [-0.3, -0.25) is 4.79 Å². The van der Waals surface area contributed by atoms with Crippen LogP contribution in [0.25, 0.3) is 11.3 Å². The lowest BCUT2D eigenvalue weighted by Gasteiger charge is -2.25. The first-order chi connectivity index (χ1) is 14.1. The number of aromatic nitrogens is 1. The molecule has 150 valence electrons. The van der Waals surface area contributed by atoms with Gasteiger partial charge in [-0.2, -0.15) is 0 Å². The first-order valence-corrected chi connectivity index (χ1v) is 10.1. The molecular weight excluding hydrogens is 364 g/mol. The third kappa shape index (κ3) is 4.34. The summed E-state index contributed by atoms with van der Waals surface area (Å²) in [6.07, 6.45) is 4.64. The molecule has 3 aromatic rings. The molecule has 4 rings (SSSR count). The van der Waals surface area contributed by atoms with E-state index in [2.05, 4.69) is 18.0 Å². The van der Waals surface area contributed by atoms with Gasteiger partial charge in [0.05, 0.1) is 19.3 Å². The Bertz CT molecular complexity index is 978. The zero-order chi connectivity index (χ0) is 20.2. The van der Waals surface area contributed by atoms with Gasteiger partial charge in [0.2, 0.25) is 5.91 Å². The van der Waals surface area contributed by atoms with Gasteiger partial charge in [0.1, 0.15) is 5.75 Å². The third-order valence-corrected chi connectivity index (χ3v) is 5.49. The average molecular weight is 390 g/mol. The van der Waals surface area contributed by atoms with Crippen LogP contribution < -0.4 is 4.74 Å². The number of methoxy groups -OCH3 is 1. The minimum atomic E-state index is 0.116. The molecule has 1 aliphatic rings. The fourth-order valence-corrected chi connectivity index (χ4v) is 3.90. The molecule has 0 radical (unpaired) electrons. The molecular formula is C24H26N2O3. The molecule has 1 atom stereocenters. The van der Waals surface area contributed by atoms with Gasteiger partial charge in [-0.25, -0.2) is 4.98 Å². The molecule has 1 amide bonds. The summed E-state index contributed by atoms with van der Waals surface area (Å²) in [7, 11) is 1.66. The Kier molecular flexibility index (Phi) is 5.65. The highest BCUT2D eigenvalue weighted by atomic mass is 16.5. The van der Waals surface area contributed by atoms with Crippen molar-refractivity contribution in [3.05, 3.63) is 71.7 Å². The number of hydrogen-bond acceptors (Lipinski definition) is 4. The lowest BCUT2D eigenvalue weighted by atomic mass is 10.0. The Balaban J connectivity index is 1.39.